The van der Waals surface area contributed by atoms with Gasteiger partial charge in [0.05, 0.1) is 17.0 Å². The van der Waals surface area contributed by atoms with E-state index in [0.717, 1.165) is 28.3 Å². The van der Waals surface area contributed by atoms with E-state index in [4.69, 9.17) is 34.8 Å². The van der Waals surface area contributed by atoms with Gasteiger partial charge in [0, 0.05) is 29.1 Å². The van der Waals surface area contributed by atoms with Crippen LogP contribution in [0.25, 0.3) is 0 Å². The van der Waals surface area contributed by atoms with Gasteiger partial charge in [-0.25, -0.2) is 12.8 Å². The first-order valence-electron chi connectivity index (χ1n) is 12.8. The molecule has 7 nitrogen and oxygen atoms in total. The lowest BCUT2D eigenvalue weighted by Crippen LogP contribution is -2.54. The summed E-state index contributed by atoms with van der Waals surface area (Å²) in [4.78, 5) is 29.0. The Bertz CT molecular complexity index is 1490. The molecule has 0 aliphatic heterocycles. The zero-order chi connectivity index (χ0) is 30.3. The van der Waals surface area contributed by atoms with Gasteiger partial charge in [0.1, 0.15) is 18.4 Å². The highest BCUT2D eigenvalue weighted by atomic mass is 35.5. The summed E-state index contributed by atoms with van der Waals surface area (Å²) in [5.41, 5.74) is 1.30. The van der Waals surface area contributed by atoms with Crippen molar-refractivity contribution < 1.29 is 22.4 Å². The molecule has 0 aliphatic rings. The van der Waals surface area contributed by atoms with Crippen LogP contribution in [0, 0.1) is 5.82 Å². The Morgan fingerprint density at radius 3 is 2.24 bits per heavy atom. The Morgan fingerprint density at radius 1 is 0.976 bits per heavy atom. The molecule has 12 heteroatoms. The first-order valence-corrected chi connectivity index (χ1v) is 15.8. The van der Waals surface area contributed by atoms with Crippen molar-refractivity contribution in [3.63, 3.8) is 0 Å². The van der Waals surface area contributed by atoms with E-state index < -0.39 is 40.2 Å². The highest BCUT2D eigenvalue weighted by Crippen LogP contribution is 2.27. The SMILES string of the molecule is CC[C@H](C)NC(=O)[C@H](Cc1ccccc1)N(Cc1ccc(Cl)cc1Cl)C(=O)CN(c1ccc(F)c(Cl)c1)S(C)(=O)=O. The quantitative estimate of drug-likeness (QED) is 0.259. The lowest BCUT2D eigenvalue weighted by atomic mass is 10.0. The molecule has 1 N–H and O–H groups in total. The van der Waals surface area contributed by atoms with Crippen LogP contribution in [0.15, 0.2) is 66.7 Å². The third kappa shape index (κ3) is 9.07. The zero-order valence-corrected chi connectivity index (χ0v) is 25.9. The average Bonchev–Trinajstić information content (AvgIpc) is 2.91. The molecule has 0 saturated heterocycles. The van der Waals surface area contributed by atoms with Crippen molar-refractivity contribution in [1.82, 2.24) is 10.2 Å². The Hall–Kier alpha value is -2.85. The smallest absolute Gasteiger partial charge is 0.244 e. The Kier molecular flexibility index (Phi) is 11.4. The van der Waals surface area contributed by atoms with Crippen LogP contribution in [0.5, 0.6) is 0 Å². The fourth-order valence-electron chi connectivity index (χ4n) is 4.08. The van der Waals surface area contributed by atoms with Gasteiger partial charge in [-0.3, -0.25) is 13.9 Å². The monoisotopic (exact) mass is 641 g/mol. The summed E-state index contributed by atoms with van der Waals surface area (Å²) >= 11 is 18.5. The summed E-state index contributed by atoms with van der Waals surface area (Å²) in [6, 6.07) is 16.1. The fraction of sp³-hybridized carbons (Fsp3) is 0.310. The molecule has 0 saturated carbocycles. The van der Waals surface area contributed by atoms with Crippen molar-refractivity contribution in [2.45, 2.75) is 45.3 Å². The van der Waals surface area contributed by atoms with Crippen molar-refractivity contribution in [3.8, 4) is 0 Å². The minimum Gasteiger partial charge on any atom is -0.352 e. The van der Waals surface area contributed by atoms with Crippen molar-refractivity contribution in [2.75, 3.05) is 17.1 Å². The number of hydrogen-bond acceptors (Lipinski definition) is 4. The number of nitrogens with one attached hydrogen (secondary N) is 1. The molecule has 3 aromatic carbocycles. The van der Waals surface area contributed by atoms with Crippen molar-refractivity contribution in [2.24, 2.45) is 0 Å². The van der Waals surface area contributed by atoms with Crippen LogP contribution < -0.4 is 9.62 Å². The largest absolute Gasteiger partial charge is 0.352 e. The summed E-state index contributed by atoms with van der Waals surface area (Å²) in [5, 5.41) is 3.31. The molecule has 0 aromatic heterocycles. The van der Waals surface area contributed by atoms with E-state index in [-0.39, 0.29) is 34.7 Å². The lowest BCUT2D eigenvalue weighted by molar-refractivity contribution is -0.140. The van der Waals surface area contributed by atoms with Crippen molar-refractivity contribution in [3.05, 3.63) is 98.7 Å². The number of amides is 2. The Morgan fingerprint density at radius 2 is 1.66 bits per heavy atom. The number of nitrogens with zero attached hydrogens (tertiary/aromatic N) is 2. The predicted octanol–water partition coefficient (Wildman–Crippen LogP) is 6.11. The third-order valence-corrected chi connectivity index (χ3v) is 8.52. The molecule has 0 fully saturated rings. The van der Waals surface area contributed by atoms with Gasteiger partial charge < -0.3 is 10.2 Å². The number of anilines is 1. The van der Waals surface area contributed by atoms with E-state index in [9.17, 15) is 22.4 Å². The van der Waals surface area contributed by atoms with Gasteiger partial charge in [-0.05, 0) is 54.8 Å². The van der Waals surface area contributed by atoms with Crippen LogP contribution in [0.4, 0.5) is 10.1 Å². The summed E-state index contributed by atoms with van der Waals surface area (Å²) in [6.07, 6.45) is 1.74. The van der Waals surface area contributed by atoms with Crippen molar-refractivity contribution in [1.29, 1.82) is 0 Å². The first-order chi connectivity index (χ1) is 19.3. The molecule has 0 heterocycles. The zero-order valence-electron chi connectivity index (χ0n) is 22.8. The molecule has 0 unspecified atom stereocenters. The van der Waals surface area contributed by atoms with E-state index in [2.05, 4.69) is 5.32 Å². The van der Waals surface area contributed by atoms with Crippen molar-refractivity contribution >= 4 is 62.3 Å². The standard InChI is InChI=1S/C29H31Cl3FN3O4S/c1-4-19(2)34-29(38)27(14-20-8-6-5-7-9-20)35(17-21-10-11-22(30)15-24(21)31)28(37)18-36(41(3,39)40)23-12-13-26(33)25(32)16-23/h5-13,15-16,19,27H,4,14,17-18H2,1-3H3,(H,34,38)/t19-,27-/m0/s1. The molecule has 3 aromatic rings. The molecule has 41 heavy (non-hydrogen) atoms. The van der Waals surface area contributed by atoms with Crippen LogP contribution in [0.2, 0.25) is 15.1 Å². The molecule has 2 atom stereocenters. The second-order valence-corrected chi connectivity index (χ2v) is 12.8. The number of sulfonamides is 1. The maximum absolute atomic E-state index is 14.1. The molecule has 220 valence electrons. The predicted molar refractivity (Wildman–Crippen MR) is 162 cm³/mol. The first kappa shape index (κ1) is 32.7. The second kappa shape index (κ2) is 14.4. The number of carbonyl (C=O) groups excluding carboxylic acids is 2. The molecule has 0 bridgehead atoms. The van der Waals surface area contributed by atoms with Crippen LogP contribution in [0.1, 0.15) is 31.4 Å². The molecule has 0 radical (unpaired) electrons. The van der Waals surface area contributed by atoms with Crippen LogP contribution in [0.3, 0.4) is 0 Å². The van der Waals surface area contributed by atoms with Gasteiger partial charge in [0.25, 0.3) is 0 Å². The topological polar surface area (TPSA) is 86.8 Å². The fourth-order valence-corrected chi connectivity index (χ4v) is 5.57. The number of benzene rings is 3. The third-order valence-electron chi connectivity index (χ3n) is 6.50. The molecular formula is C29H31Cl3FN3O4S. The van der Waals surface area contributed by atoms with Crippen LogP contribution in [-0.2, 0) is 32.6 Å². The van der Waals surface area contributed by atoms with E-state index in [0.29, 0.717) is 17.0 Å². The van der Waals surface area contributed by atoms with Gasteiger partial charge in [0.15, 0.2) is 0 Å². The van der Waals surface area contributed by atoms with Crippen LogP contribution in [-0.4, -0.2) is 50.0 Å². The van der Waals surface area contributed by atoms with E-state index >= 15 is 0 Å². The average molecular weight is 643 g/mol. The molecule has 0 spiro atoms. The van der Waals surface area contributed by atoms with Gasteiger partial charge in [-0.1, -0.05) is 78.1 Å². The van der Waals surface area contributed by atoms with Crippen LogP contribution >= 0.6 is 34.8 Å². The molecule has 3 rings (SSSR count). The minimum absolute atomic E-state index is 0.000362. The lowest BCUT2D eigenvalue weighted by Gasteiger charge is -2.34. The number of rotatable bonds is 12. The second-order valence-electron chi connectivity index (χ2n) is 9.65. The Labute approximate surface area is 255 Å². The maximum Gasteiger partial charge on any atom is 0.244 e. The maximum atomic E-state index is 14.1. The highest BCUT2D eigenvalue weighted by molar-refractivity contribution is 7.92. The summed E-state index contributed by atoms with van der Waals surface area (Å²) in [6.45, 7) is 2.99. The minimum atomic E-state index is -4.03. The van der Waals surface area contributed by atoms with Gasteiger partial charge >= 0.3 is 0 Å². The van der Waals surface area contributed by atoms with Gasteiger partial charge in [0.2, 0.25) is 21.8 Å². The van der Waals surface area contributed by atoms with E-state index in [1.165, 1.54) is 17.0 Å². The Balaban J connectivity index is 2.10. The van der Waals surface area contributed by atoms with E-state index in [1.54, 1.807) is 12.1 Å². The molecule has 2 amide bonds. The molecular weight excluding hydrogens is 612 g/mol. The van der Waals surface area contributed by atoms with E-state index in [1.807, 2.05) is 44.2 Å². The summed E-state index contributed by atoms with van der Waals surface area (Å²) in [7, 11) is -4.03. The number of hydrogen-bond donors (Lipinski definition) is 1. The number of carbonyl (C=O) groups is 2. The summed E-state index contributed by atoms with van der Waals surface area (Å²) in [5.74, 6) is -1.82. The highest BCUT2D eigenvalue weighted by Gasteiger charge is 2.34. The summed E-state index contributed by atoms with van der Waals surface area (Å²) < 4.78 is 40.3. The van der Waals surface area contributed by atoms with Gasteiger partial charge in [-0.15, -0.1) is 0 Å². The normalized spacial score (nSPS) is 12.9. The molecule has 0 aliphatic carbocycles. The number of halogens is 4. The van der Waals surface area contributed by atoms with Gasteiger partial charge in [-0.2, -0.15) is 0 Å².